The first kappa shape index (κ1) is 15.4. The Kier molecular flexibility index (Phi) is 5.16. The van der Waals surface area contributed by atoms with E-state index in [9.17, 15) is 5.11 Å². The number of hydrogen-bond acceptors (Lipinski definition) is 4. The highest BCUT2D eigenvalue weighted by molar-refractivity contribution is 6.31. The lowest BCUT2D eigenvalue weighted by Crippen LogP contribution is -2.33. The first-order valence-electron chi connectivity index (χ1n) is 5.88. The van der Waals surface area contributed by atoms with Gasteiger partial charge in [-0.3, -0.25) is 4.68 Å². The molecule has 6 heteroatoms. The fourth-order valence-electron chi connectivity index (χ4n) is 1.56. The monoisotopic (exact) mass is 275 g/mol. The topological polar surface area (TPSA) is 50.5 Å². The summed E-state index contributed by atoms with van der Waals surface area (Å²) >= 11 is 6.11. The van der Waals surface area contributed by atoms with Crippen molar-refractivity contribution < 1.29 is 9.84 Å². The van der Waals surface area contributed by atoms with Crippen LogP contribution in [-0.4, -0.2) is 53.1 Å². The predicted octanol–water partition coefficient (Wildman–Crippen LogP) is 1.56. The van der Waals surface area contributed by atoms with Gasteiger partial charge >= 0.3 is 0 Å². The van der Waals surface area contributed by atoms with Crippen LogP contribution in [0.3, 0.4) is 0 Å². The summed E-state index contributed by atoms with van der Waals surface area (Å²) in [6.45, 7) is 5.13. The van der Waals surface area contributed by atoms with Gasteiger partial charge in [-0.25, -0.2) is 0 Å². The first-order chi connectivity index (χ1) is 8.29. The van der Waals surface area contributed by atoms with Crippen LogP contribution in [0.15, 0.2) is 6.20 Å². The van der Waals surface area contributed by atoms with E-state index < -0.39 is 11.7 Å². The van der Waals surface area contributed by atoms with E-state index in [1.54, 1.807) is 18.0 Å². The van der Waals surface area contributed by atoms with Crippen molar-refractivity contribution in [2.45, 2.75) is 32.1 Å². The van der Waals surface area contributed by atoms with Crippen molar-refractivity contribution in [2.24, 2.45) is 0 Å². The Bertz CT molecular complexity index is 391. The molecule has 0 saturated heterocycles. The van der Waals surface area contributed by atoms with Gasteiger partial charge < -0.3 is 14.7 Å². The predicted molar refractivity (Wildman–Crippen MR) is 71.8 cm³/mol. The van der Waals surface area contributed by atoms with E-state index in [1.165, 1.54) is 0 Å². The van der Waals surface area contributed by atoms with Crippen molar-refractivity contribution >= 4 is 11.6 Å². The molecule has 0 bridgehead atoms. The van der Waals surface area contributed by atoms with Gasteiger partial charge in [-0.15, -0.1) is 0 Å². The van der Waals surface area contributed by atoms with E-state index >= 15 is 0 Å². The van der Waals surface area contributed by atoms with Crippen molar-refractivity contribution in [2.75, 3.05) is 27.7 Å². The molecule has 0 radical (unpaired) electrons. The molecule has 0 fully saturated rings. The SMILES string of the molecule is COC(C)(C)C(O)c1c(Cl)cnn1CCN(C)C. The largest absolute Gasteiger partial charge is 0.384 e. The molecule has 1 unspecified atom stereocenters. The maximum Gasteiger partial charge on any atom is 0.125 e. The third-order valence-corrected chi connectivity index (χ3v) is 3.33. The van der Waals surface area contributed by atoms with E-state index in [-0.39, 0.29) is 0 Å². The fraction of sp³-hybridized carbons (Fsp3) is 0.750. The normalized spacial score (nSPS) is 14.2. The van der Waals surface area contributed by atoms with Gasteiger partial charge in [-0.2, -0.15) is 5.10 Å². The number of aliphatic hydroxyl groups excluding tert-OH is 1. The van der Waals surface area contributed by atoms with Gasteiger partial charge in [0, 0.05) is 13.7 Å². The van der Waals surface area contributed by atoms with Gasteiger partial charge in [0.25, 0.3) is 0 Å². The Morgan fingerprint density at radius 2 is 2.17 bits per heavy atom. The molecular formula is C12H22ClN3O2. The highest BCUT2D eigenvalue weighted by Gasteiger charge is 2.33. The molecule has 0 aliphatic carbocycles. The summed E-state index contributed by atoms with van der Waals surface area (Å²) in [6.07, 6.45) is 0.737. The number of methoxy groups -OCH3 is 1. The zero-order valence-corrected chi connectivity index (χ0v) is 12.4. The first-order valence-corrected chi connectivity index (χ1v) is 6.26. The zero-order valence-electron chi connectivity index (χ0n) is 11.6. The van der Waals surface area contributed by atoms with E-state index in [1.807, 2.05) is 32.8 Å². The second-order valence-electron chi connectivity index (χ2n) is 5.11. The number of ether oxygens (including phenoxy) is 1. The summed E-state index contributed by atoms with van der Waals surface area (Å²) in [5, 5.41) is 15.0. The molecule has 1 N–H and O–H groups in total. The number of halogens is 1. The maximum absolute atomic E-state index is 10.4. The highest BCUT2D eigenvalue weighted by Crippen LogP contribution is 2.32. The summed E-state index contributed by atoms with van der Waals surface area (Å²) in [5.74, 6) is 0. The third kappa shape index (κ3) is 3.45. The molecule has 5 nitrogen and oxygen atoms in total. The Morgan fingerprint density at radius 1 is 1.56 bits per heavy atom. The number of aliphatic hydroxyl groups is 1. The summed E-state index contributed by atoms with van der Waals surface area (Å²) in [7, 11) is 5.54. The molecule has 0 aromatic carbocycles. The number of nitrogens with zero attached hydrogens (tertiary/aromatic N) is 3. The number of hydrogen-bond donors (Lipinski definition) is 1. The Labute approximate surface area is 113 Å². The number of likely N-dealkylation sites (N-methyl/N-ethyl adjacent to an activating group) is 1. The minimum atomic E-state index is -0.820. The lowest BCUT2D eigenvalue weighted by Gasteiger charge is -2.29. The summed E-state index contributed by atoms with van der Waals surface area (Å²) in [6, 6.07) is 0. The minimum Gasteiger partial charge on any atom is -0.384 e. The van der Waals surface area contributed by atoms with Crippen molar-refractivity contribution in [1.82, 2.24) is 14.7 Å². The Balaban J connectivity index is 2.97. The second-order valence-corrected chi connectivity index (χ2v) is 5.52. The standard InChI is InChI=1S/C12H22ClN3O2/c1-12(2,18-5)11(17)10-9(13)8-14-16(10)7-6-15(3)4/h8,11,17H,6-7H2,1-5H3. The van der Waals surface area contributed by atoms with Gasteiger partial charge in [-0.05, 0) is 27.9 Å². The van der Waals surface area contributed by atoms with E-state index in [0.717, 1.165) is 6.54 Å². The molecule has 0 aliphatic heterocycles. The fourth-order valence-corrected chi connectivity index (χ4v) is 1.80. The van der Waals surface area contributed by atoms with Crippen LogP contribution < -0.4 is 0 Å². The number of aromatic nitrogens is 2. The zero-order chi connectivity index (χ0) is 13.9. The van der Waals surface area contributed by atoms with Crippen molar-refractivity contribution in [3.63, 3.8) is 0 Å². The van der Waals surface area contributed by atoms with Crippen LogP contribution in [0.25, 0.3) is 0 Å². The average Bonchev–Trinajstić information content (AvgIpc) is 2.66. The molecule has 1 aromatic rings. The van der Waals surface area contributed by atoms with Crippen LogP contribution in [0, 0.1) is 0 Å². The summed E-state index contributed by atoms with van der Waals surface area (Å²) < 4.78 is 7.03. The number of rotatable bonds is 6. The van der Waals surface area contributed by atoms with E-state index in [2.05, 4.69) is 5.10 Å². The summed E-state index contributed by atoms with van der Waals surface area (Å²) in [4.78, 5) is 2.05. The molecule has 104 valence electrons. The van der Waals surface area contributed by atoms with Crippen LogP contribution in [0.1, 0.15) is 25.6 Å². The minimum absolute atomic E-state index is 0.464. The van der Waals surface area contributed by atoms with E-state index in [0.29, 0.717) is 17.3 Å². The Hall–Kier alpha value is -0.620. The van der Waals surface area contributed by atoms with Crippen LogP contribution in [0.5, 0.6) is 0 Å². The Morgan fingerprint density at radius 3 is 2.67 bits per heavy atom. The molecule has 0 spiro atoms. The van der Waals surface area contributed by atoms with E-state index in [4.69, 9.17) is 16.3 Å². The van der Waals surface area contributed by atoms with Gasteiger partial charge in [-0.1, -0.05) is 11.6 Å². The molecular weight excluding hydrogens is 254 g/mol. The van der Waals surface area contributed by atoms with Crippen molar-refractivity contribution in [3.8, 4) is 0 Å². The van der Waals surface area contributed by atoms with Crippen molar-refractivity contribution in [3.05, 3.63) is 16.9 Å². The van der Waals surface area contributed by atoms with Crippen LogP contribution in [0.4, 0.5) is 0 Å². The molecule has 1 aromatic heterocycles. The third-order valence-electron chi connectivity index (χ3n) is 3.04. The van der Waals surface area contributed by atoms with Gasteiger partial charge in [0.2, 0.25) is 0 Å². The molecule has 18 heavy (non-hydrogen) atoms. The van der Waals surface area contributed by atoms with Crippen molar-refractivity contribution in [1.29, 1.82) is 0 Å². The highest BCUT2D eigenvalue weighted by atomic mass is 35.5. The van der Waals surface area contributed by atoms with Crippen LogP contribution >= 0.6 is 11.6 Å². The molecule has 0 amide bonds. The second kappa shape index (κ2) is 6.02. The summed E-state index contributed by atoms with van der Waals surface area (Å²) in [5.41, 5.74) is -0.107. The van der Waals surface area contributed by atoms with Crippen LogP contribution in [0.2, 0.25) is 5.02 Å². The molecule has 1 atom stereocenters. The van der Waals surface area contributed by atoms with Crippen LogP contribution in [-0.2, 0) is 11.3 Å². The van der Waals surface area contributed by atoms with Gasteiger partial charge in [0.05, 0.1) is 29.1 Å². The average molecular weight is 276 g/mol. The van der Waals surface area contributed by atoms with Gasteiger partial charge in [0.1, 0.15) is 6.10 Å². The quantitative estimate of drug-likeness (QED) is 0.856. The molecule has 0 saturated carbocycles. The van der Waals surface area contributed by atoms with Gasteiger partial charge in [0.15, 0.2) is 0 Å². The lowest BCUT2D eigenvalue weighted by molar-refractivity contribution is -0.0826. The molecule has 1 rings (SSSR count). The smallest absolute Gasteiger partial charge is 0.125 e. The molecule has 0 aliphatic rings. The maximum atomic E-state index is 10.4. The lowest BCUT2D eigenvalue weighted by atomic mass is 9.98. The molecule has 1 heterocycles.